The van der Waals surface area contributed by atoms with Crippen LogP contribution in [0.4, 0.5) is 4.39 Å². The first-order valence-corrected chi connectivity index (χ1v) is 5.31. The summed E-state index contributed by atoms with van der Waals surface area (Å²) in [5, 5.41) is 9.51. The summed E-state index contributed by atoms with van der Waals surface area (Å²) in [6.45, 7) is 1.88. The van der Waals surface area contributed by atoms with Crippen molar-refractivity contribution >= 4 is 5.57 Å². The number of hydrogen-bond acceptors (Lipinski definition) is 1. The van der Waals surface area contributed by atoms with Crippen molar-refractivity contribution in [3.8, 4) is 0 Å². The average Bonchev–Trinajstić information content (AvgIpc) is 2.16. The molecule has 1 aliphatic rings. The van der Waals surface area contributed by atoms with E-state index < -0.39 is 0 Å². The number of benzene rings is 1. The fourth-order valence-electron chi connectivity index (χ4n) is 2.06. The number of aliphatic hydroxyl groups excluding tert-OH is 1. The van der Waals surface area contributed by atoms with Crippen LogP contribution in [0.3, 0.4) is 0 Å². The van der Waals surface area contributed by atoms with Crippen molar-refractivity contribution in [2.24, 2.45) is 0 Å². The van der Waals surface area contributed by atoms with Crippen LogP contribution in [0, 0.1) is 12.7 Å². The summed E-state index contributed by atoms with van der Waals surface area (Å²) in [6, 6.07) is 5.02. The van der Waals surface area contributed by atoms with Crippen molar-refractivity contribution in [2.45, 2.75) is 32.3 Å². The Labute approximate surface area is 89.3 Å². The second kappa shape index (κ2) is 4.15. The Morgan fingerprint density at radius 2 is 2.13 bits per heavy atom. The van der Waals surface area contributed by atoms with Gasteiger partial charge in [0.2, 0.25) is 0 Å². The van der Waals surface area contributed by atoms with Gasteiger partial charge in [0.15, 0.2) is 0 Å². The van der Waals surface area contributed by atoms with E-state index in [1.807, 2.05) is 19.1 Å². The van der Waals surface area contributed by atoms with Crippen LogP contribution in [-0.2, 0) is 0 Å². The Hall–Kier alpha value is -1.15. The van der Waals surface area contributed by atoms with Gasteiger partial charge in [-0.25, -0.2) is 4.39 Å². The number of hydrogen-bond donors (Lipinski definition) is 1. The van der Waals surface area contributed by atoms with Crippen LogP contribution < -0.4 is 0 Å². The zero-order valence-corrected chi connectivity index (χ0v) is 8.83. The Morgan fingerprint density at radius 1 is 1.33 bits per heavy atom. The molecular formula is C13H15FO. The molecule has 0 saturated heterocycles. The minimum absolute atomic E-state index is 0.203. The molecule has 0 saturated carbocycles. The van der Waals surface area contributed by atoms with Gasteiger partial charge in [0, 0.05) is 0 Å². The van der Waals surface area contributed by atoms with E-state index in [4.69, 9.17) is 0 Å². The van der Waals surface area contributed by atoms with Crippen molar-refractivity contribution in [2.75, 3.05) is 0 Å². The van der Waals surface area contributed by atoms with Gasteiger partial charge in [0.1, 0.15) is 5.82 Å². The van der Waals surface area contributed by atoms with E-state index in [1.165, 1.54) is 12.1 Å². The lowest BCUT2D eigenvalue weighted by Crippen LogP contribution is -2.08. The van der Waals surface area contributed by atoms with Crippen molar-refractivity contribution in [3.05, 3.63) is 41.2 Å². The minimum atomic E-state index is -0.364. The molecule has 0 heterocycles. The minimum Gasteiger partial charge on any atom is -0.389 e. The lowest BCUT2D eigenvalue weighted by Gasteiger charge is -2.17. The maximum atomic E-state index is 13.2. The molecule has 15 heavy (non-hydrogen) atoms. The van der Waals surface area contributed by atoms with E-state index in [0.29, 0.717) is 0 Å². The zero-order chi connectivity index (χ0) is 10.8. The fraction of sp³-hybridized carbons (Fsp3) is 0.385. The van der Waals surface area contributed by atoms with Crippen molar-refractivity contribution < 1.29 is 9.50 Å². The summed E-state index contributed by atoms with van der Waals surface area (Å²) < 4.78 is 13.2. The highest BCUT2D eigenvalue weighted by Crippen LogP contribution is 2.27. The van der Waals surface area contributed by atoms with Gasteiger partial charge in [-0.3, -0.25) is 0 Å². The van der Waals surface area contributed by atoms with E-state index in [2.05, 4.69) is 0 Å². The van der Waals surface area contributed by atoms with E-state index in [1.54, 1.807) is 0 Å². The molecule has 1 aliphatic carbocycles. The monoisotopic (exact) mass is 206 g/mol. The molecule has 0 fully saturated rings. The lowest BCUT2D eigenvalue weighted by molar-refractivity contribution is 0.206. The van der Waals surface area contributed by atoms with Gasteiger partial charge < -0.3 is 5.11 Å². The van der Waals surface area contributed by atoms with E-state index in [9.17, 15) is 9.50 Å². The van der Waals surface area contributed by atoms with Crippen molar-refractivity contribution in [3.63, 3.8) is 0 Å². The predicted molar refractivity (Wildman–Crippen MR) is 59.0 cm³/mol. The molecule has 0 aliphatic heterocycles. The molecule has 1 aromatic carbocycles. The van der Waals surface area contributed by atoms with Gasteiger partial charge in [0.25, 0.3) is 0 Å². The predicted octanol–water partition coefficient (Wildman–Crippen LogP) is 3.06. The molecule has 1 N–H and O–H groups in total. The average molecular weight is 206 g/mol. The highest BCUT2D eigenvalue weighted by atomic mass is 19.1. The van der Waals surface area contributed by atoms with Crippen LogP contribution in [0.2, 0.25) is 0 Å². The molecule has 0 bridgehead atoms. The first-order valence-electron chi connectivity index (χ1n) is 5.31. The first kappa shape index (κ1) is 10.4. The van der Waals surface area contributed by atoms with E-state index >= 15 is 0 Å². The standard InChI is InChI=1S/C13H15FO/c1-9-5-11(7-12(14)6-9)10-3-2-4-13(15)8-10/h5-8,13,15H,2-4H2,1H3. The van der Waals surface area contributed by atoms with Crippen LogP contribution >= 0.6 is 0 Å². The third-order valence-corrected chi connectivity index (χ3v) is 2.75. The molecule has 1 atom stereocenters. The Balaban J connectivity index is 2.36. The van der Waals surface area contributed by atoms with Crippen molar-refractivity contribution in [1.82, 2.24) is 0 Å². The Bertz CT molecular complexity index is 375. The number of aryl methyl sites for hydroxylation is 1. The quantitative estimate of drug-likeness (QED) is 0.748. The maximum absolute atomic E-state index is 13.2. The summed E-state index contributed by atoms with van der Waals surface area (Å²) in [5.41, 5.74) is 2.90. The van der Waals surface area contributed by atoms with Gasteiger partial charge in [-0.15, -0.1) is 0 Å². The highest BCUT2D eigenvalue weighted by molar-refractivity contribution is 5.67. The Kier molecular flexibility index (Phi) is 2.87. The molecule has 1 aromatic rings. The molecular weight excluding hydrogens is 191 g/mol. The van der Waals surface area contributed by atoms with Crippen LogP contribution in [0.5, 0.6) is 0 Å². The largest absolute Gasteiger partial charge is 0.389 e. The molecule has 80 valence electrons. The Morgan fingerprint density at radius 3 is 2.80 bits per heavy atom. The van der Waals surface area contributed by atoms with E-state index in [0.717, 1.165) is 36.0 Å². The van der Waals surface area contributed by atoms with Gasteiger partial charge >= 0.3 is 0 Å². The smallest absolute Gasteiger partial charge is 0.124 e. The van der Waals surface area contributed by atoms with Gasteiger partial charge in [-0.2, -0.15) is 0 Å². The molecule has 1 nitrogen and oxygen atoms in total. The summed E-state index contributed by atoms with van der Waals surface area (Å²) >= 11 is 0. The summed E-state index contributed by atoms with van der Waals surface area (Å²) in [5.74, 6) is -0.203. The number of allylic oxidation sites excluding steroid dienone is 1. The molecule has 0 radical (unpaired) electrons. The van der Waals surface area contributed by atoms with Gasteiger partial charge in [-0.1, -0.05) is 12.1 Å². The van der Waals surface area contributed by atoms with Crippen LogP contribution in [0.1, 0.15) is 30.4 Å². The number of halogens is 1. The van der Waals surface area contributed by atoms with E-state index in [-0.39, 0.29) is 11.9 Å². The van der Waals surface area contributed by atoms with Crippen LogP contribution in [-0.4, -0.2) is 11.2 Å². The van der Waals surface area contributed by atoms with Crippen LogP contribution in [0.15, 0.2) is 24.3 Å². The normalized spacial score (nSPS) is 21.3. The lowest BCUT2D eigenvalue weighted by atomic mass is 9.91. The molecule has 0 amide bonds. The SMILES string of the molecule is Cc1cc(F)cc(C2=CC(O)CCC2)c1. The van der Waals surface area contributed by atoms with Gasteiger partial charge in [0.05, 0.1) is 6.10 Å². The zero-order valence-electron chi connectivity index (χ0n) is 8.83. The van der Waals surface area contributed by atoms with Gasteiger partial charge in [-0.05, 0) is 55.0 Å². The molecule has 0 spiro atoms. The molecule has 2 heteroatoms. The highest BCUT2D eigenvalue weighted by Gasteiger charge is 2.12. The second-order valence-corrected chi connectivity index (χ2v) is 4.17. The topological polar surface area (TPSA) is 20.2 Å². The number of aliphatic hydroxyl groups is 1. The summed E-state index contributed by atoms with van der Waals surface area (Å²) in [7, 11) is 0. The third kappa shape index (κ3) is 2.45. The molecule has 2 rings (SSSR count). The summed E-state index contributed by atoms with van der Waals surface area (Å²) in [6.07, 6.45) is 4.20. The number of rotatable bonds is 1. The summed E-state index contributed by atoms with van der Waals surface area (Å²) in [4.78, 5) is 0. The molecule has 1 unspecified atom stereocenters. The molecule has 0 aromatic heterocycles. The maximum Gasteiger partial charge on any atom is 0.124 e. The van der Waals surface area contributed by atoms with Crippen LogP contribution in [0.25, 0.3) is 5.57 Å². The fourth-order valence-corrected chi connectivity index (χ4v) is 2.06. The second-order valence-electron chi connectivity index (χ2n) is 4.17. The van der Waals surface area contributed by atoms with Crippen molar-refractivity contribution in [1.29, 1.82) is 0 Å². The first-order chi connectivity index (χ1) is 7.15. The third-order valence-electron chi connectivity index (χ3n) is 2.75.